The maximum absolute atomic E-state index is 13.4. The summed E-state index contributed by atoms with van der Waals surface area (Å²) in [5.41, 5.74) is 3.73. The molecule has 1 aliphatic rings. The predicted octanol–water partition coefficient (Wildman–Crippen LogP) is 6.16. The molecular weight excluding hydrogens is 508 g/mol. The topological polar surface area (TPSA) is 86.6 Å². The van der Waals surface area contributed by atoms with Gasteiger partial charge >= 0.3 is 6.03 Å². The van der Waals surface area contributed by atoms with E-state index in [2.05, 4.69) is 10.6 Å². The summed E-state index contributed by atoms with van der Waals surface area (Å²) < 4.78 is 2.54. The van der Waals surface area contributed by atoms with Crippen LogP contribution in [-0.4, -0.2) is 32.6 Å². The number of aromatic nitrogens is 1. The maximum atomic E-state index is 13.4. The minimum Gasteiger partial charge on any atom is -0.508 e. The van der Waals surface area contributed by atoms with Gasteiger partial charge in [-0.1, -0.05) is 36.0 Å². The smallest absolute Gasteiger partial charge is 0.322 e. The van der Waals surface area contributed by atoms with E-state index in [-0.39, 0.29) is 24.6 Å². The minimum atomic E-state index is -0.788. The molecule has 0 aliphatic carbocycles. The van der Waals surface area contributed by atoms with Crippen LogP contribution in [0, 0.1) is 4.64 Å². The van der Waals surface area contributed by atoms with E-state index in [0.29, 0.717) is 21.0 Å². The van der Waals surface area contributed by atoms with Gasteiger partial charge in [-0.05, 0) is 83.9 Å². The SMILES string of the molecule is O=C(Nc1ccc(-n2ccccc2=S)cc1)C1Cc2cc(O)ccc2CN1C(=O)Nc1ccc(Cl)cc1. The third-order valence-electron chi connectivity index (χ3n) is 6.21. The van der Waals surface area contributed by atoms with E-state index >= 15 is 0 Å². The Morgan fingerprint density at radius 3 is 2.32 bits per heavy atom. The number of hydrogen-bond donors (Lipinski definition) is 3. The Hall–Kier alpha value is -4.14. The zero-order valence-electron chi connectivity index (χ0n) is 19.6. The fourth-order valence-electron chi connectivity index (χ4n) is 4.32. The van der Waals surface area contributed by atoms with Gasteiger partial charge in [0.15, 0.2) is 0 Å². The van der Waals surface area contributed by atoms with Crippen molar-refractivity contribution in [3.63, 3.8) is 0 Å². The highest BCUT2D eigenvalue weighted by molar-refractivity contribution is 7.71. The molecule has 186 valence electrons. The number of nitrogens with zero attached hydrogens (tertiary/aromatic N) is 2. The van der Waals surface area contributed by atoms with Gasteiger partial charge in [0.25, 0.3) is 0 Å². The van der Waals surface area contributed by atoms with E-state index in [9.17, 15) is 14.7 Å². The van der Waals surface area contributed by atoms with Crippen molar-refractivity contribution in [1.82, 2.24) is 9.47 Å². The van der Waals surface area contributed by atoms with Crippen LogP contribution in [0.25, 0.3) is 5.69 Å². The Balaban J connectivity index is 1.38. The standard InChI is InChI=1S/C28H23ClN4O3S/c29-20-5-7-22(8-6-20)31-28(36)33-17-18-4-13-24(34)15-19(18)16-25(33)27(35)30-21-9-11-23(12-10-21)32-14-2-1-3-26(32)37/h1-15,25,34H,16-17H2,(H,30,35)(H,31,36). The molecule has 7 nitrogen and oxygen atoms in total. The van der Waals surface area contributed by atoms with Gasteiger partial charge < -0.3 is 25.2 Å². The van der Waals surface area contributed by atoms with Gasteiger partial charge in [0.05, 0.1) is 0 Å². The highest BCUT2D eigenvalue weighted by Gasteiger charge is 2.35. The number of phenolic OH excluding ortho intramolecular Hbond substituents is 1. The molecule has 1 atom stereocenters. The van der Waals surface area contributed by atoms with Gasteiger partial charge in [-0.25, -0.2) is 4.79 Å². The molecule has 3 aromatic carbocycles. The number of rotatable bonds is 4. The summed E-state index contributed by atoms with van der Waals surface area (Å²) >= 11 is 11.3. The fraction of sp³-hybridized carbons (Fsp3) is 0.107. The monoisotopic (exact) mass is 530 g/mol. The van der Waals surface area contributed by atoms with E-state index in [1.807, 2.05) is 41.1 Å². The summed E-state index contributed by atoms with van der Waals surface area (Å²) in [4.78, 5) is 28.2. The third-order valence-corrected chi connectivity index (χ3v) is 6.80. The Morgan fingerprint density at radius 2 is 1.59 bits per heavy atom. The summed E-state index contributed by atoms with van der Waals surface area (Å²) in [5, 5.41) is 16.3. The molecular formula is C28H23ClN4O3S. The first-order valence-corrected chi connectivity index (χ1v) is 12.4. The first-order chi connectivity index (χ1) is 17.9. The average molecular weight is 531 g/mol. The zero-order valence-corrected chi connectivity index (χ0v) is 21.2. The molecule has 0 fully saturated rings. The van der Waals surface area contributed by atoms with Gasteiger partial charge in [0, 0.05) is 41.2 Å². The summed E-state index contributed by atoms with van der Waals surface area (Å²) in [6, 6.07) is 23.5. The number of anilines is 2. The lowest BCUT2D eigenvalue weighted by Crippen LogP contribution is -2.52. The van der Waals surface area contributed by atoms with Crippen molar-refractivity contribution in [2.75, 3.05) is 10.6 Å². The number of hydrogen-bond acceptors (Lipinski definition) is 4. The van der Waals surface area contributed by atoms with Crippen LogP contribution >= 0.6 is 23.8 Å². The van der Waals surface area contributed by atoms with E-state index in [1.165, 1.54) is 4.90 Å². The zero-order chi connectivity index (χ0) is 25.9. The molecule has 37 heavy (non-hydrogen) atoms. The van der Waals surface area contributed by atoms with Gasteiger partial charge in [-0.2, -0.15) is 0 Å². The van der Waals surface area contributed by atoms with Crippen molar-refractivity contribution in [2.24, 2.45) is 0 Å². The Bertz CT molecular complexity index is 1520. The molecule has 1 aromatic heterocycles. The second kappa shape index (κ2) is 10.5. The molecule has 0 saturated heterocycles. The molecule has 0 saturated carbocycles. The molecule has 3 amide bonds. The van der Waals surface area contributed by atoms with Crippen molar-refractivity contribution < 1.29 is 14.7 Å². The maximum Gasteiger partial charge on any atom is 0.322 e. The number of halogens is 1. The quantitative estimate of drug-likeness (QED) is 0.276. The lowest BCUT2D eigenvalue weighted by atomic mass is 9.93. The van der Waals surface area contributed by atoms with Crippen LogP contribution < -0.4 is 10.6 Å². The molecule has 5 rings (SSSR count). The van der Waals surface area contributed by atoms with Crippen molar-refractivity contribution >= 4 is 47.1 Å². The number of benzene rings is 3. The second-order valence-corrected chi connectivity index (χ2v) is 9.54. The Morgan fingerprint density at radius 1 is 0.892 bits per heavy atom. The summed E-state index contributed by atoms with van der Waals surface area (Å²) in [5.74, 6) is -0.212. The van der Waals surface area contributed by atoms with Crippen LogP contribution in [0.2, 0.25) is 5.02 Å². The molecule has 1 aliphatic heterocycles. The Labute approximate surface area is 223 Å². The second-order valence-electron chi connectivity index (χ2n) is 8.68. The van der Waals surface area contributed by atoms with E-state index in [1.54, 1.807) is 54.6 Å². The highest BCUT2D eigenvalue weighted by atomic mass is 35.5. The van der Waals surface area contributed by atoms with Crippen LogP contribution in [0.15, 0.2) is 91.1 Å². The van der Waals surface area contributed by atoms with Gasteiger partial charge in [-0.3, -0.25) is 4.79 Å². The van der Waals surface area contributed by atoms with E-state index < -0.39 is 12.1 Å². The van der Waals surface area contributed by atoms with Crippen LogP contribution in [0.5, 0.6) is 5.75 Å². The van der Waals surface area contributed by atoms with Crippen LogP contribution in [0.4, 0.5) is 16.2 Å². The summed E-state index contributed by atoms with van der Waals surface area (Å²) in [7, 11) is 0. The summed E-state index contributed by atoms with van der Waals surface area (Å²) in [6.45, 7) is 0.221. The lowest BCUT2D eigenvalue weighted by molar-refractivity contribution is -0.120. The van der Waals surface area contributed by atoms with Crippen LogP contribution in [-0.2, 0) is 17.8 Å². The van der Waals surface area contributed by atoms with E-state index in [0.717, 1.165) is 16.8 Å². The number of aromatic hydroxyl groups is 1. The number of phenols is 1. The molecule has 0 spiro atoms. The first kappa shape index (κ1) is 24.5. The molecule has 0 bridgehead atoms. The van der Waals surface area contributed by atoms with Gasteiger partial charge in [0.1, 0.15) is 16.4 Å². The molecule has 9 heteroatoms. The van der Waals surface area contributed by atoms with Crippen molar-refractivity contribution in [3.8, 4) is 11.4 Å². The number of urea groups is 1. The number of pyridine rings is 1. The molecule has 1 unspecified atom stereocenters. The van der Waals surface area contributed by atoms with Crippen molar-refractivity contribution in [1.29, 1.82) is 0 Å². The molecule has 4 aromatic rings. The number of amides is 3. The van der Waals surface area contributed by atoms with Crippen LogP contribution in [0.1, 0.15) is 11.1 Å². The molecule has 3 N–H and O–H groups in total. The molecule has 2 heterocycles. The average Bonchev–Trinajstić information content (AvgIpc) is 2.90. The van der Waals surface area contributed by atoms with Gasteiger partial charge in [-0.15, -0.1) is 0 Å². The van der Waals surface area contributed by atoms with Crippen molar-refractivity contribution in [2.45, 2.75) is 19.0 Å². The number of fused-ring (bicyclic) bond motifs is 1. The van der Waals surface area contributed by atoms with Crippen LogP contribution in [0.3, 0.4) is 0 Å². The largest absolute Gasteiger partial charge is 0.508 e. The normalized spacial score (nSPS) is 14.5. The number of nitrogens with one attached hydrogen (secondary N) is 2. The third kappa shape index (κ3) is 5.50. The molecule has 0 radical (unpaired) electrons. The Kier molecular flexibility index (Phi) is 6.94. The van der Waals surface area contributed by atoms with E-state index in [4.69, 9.17) is 23.8 Å². The minimum absolute atomic E-state index is 0.118. The lowest BCUT2D eigenvalue weighted by Gasteiger charge is -2.36. The highest BCUT2D eigenvalue weighted by Crippen LogP contribution is 2.28. The van der Waals surface area contributed by atoms with Gasteiger partial charge in [0.2, 0.25) is 5.91 Å². The number of carbonyl (C=O) groups is 2. The first-order valence-electron chi connectivity index (χ1n) is 11.6. The predicted molar refractivity (Wildman–Crippen MR) is 147 cm³/mol. The number of carbonyl (C=O) groups excluding carboxylic acids is 2. The fourth-order valence-corrected chi connectivity index (χ4v) is 4.69. The summed E-state index contributed by atoms with van der Waals surface area (Å²) in [6.07, 6.45) is 2.14. The van der Waals surface area contributed by atoms with Crippen molar-refractivity contribution in [3.05, 3.63) is 112 Å².